The highest BCUT2D eigenvalue weighted by Gasteiger charge is 2.16. The maximum Gasteiger partial charge on any atom is 0.257 e. The summed E-state index contributed by atoms with van der Waals surface area (Å²) in [5.41, 5.74) is 4.59. The zero-order valence-corrected chi connectivity index (χ0v) is 13.8. The van der Waals surface area contributed by atoms with Crippen LogP contribution in [0.15, 0.2) is 42.6 Å². The van der Waals surface area contributed by atoms with Gasteiger partial charge in [0.1, 0.15) is 5.75 Å². The Bertz CT molecular complexity index is 894. The van der Waals surface area contributed by atoms with E-state index in [-0.39, 0.29) is 5.91 Å². The highest BCUT2D eigenvalue weighted by Crippen LogP contribution is 2.28. The normalized spacial score (nSPS) is 10.8. The molecule has 1 heterocycles. The molecule has 0 atom stereocenters. The number of nitrogens with one attached hydrogen (secondary N) is 1. The average molecular weight is 308 g/mol. The van der Waals surface area contributed by atoms with E-state index in [2.05, 4.69) is 5.32 Å². The van der Waals surface area contributed by atoms with Gasteiger partial charge in [-0.3, -0.25) is 4.79 Å². The summed E-state index contributed by atoms with van der Waals surface area (Å²) in [5, 5.41) is 3.91. The molecule has 23 heavy (non-hydrogen) atoms. The first-order valence-electron chi connectivity index (χ1n) is 7.51. The van der Waals surface area contributed by atoms with E-state index in [0.29, 0.717) is 17.0 Å². The third kappa shape index (κ3) is 2.80. The molecule has 0 unspecified atom stereocenters. The molecule has 1 amide bonds. The Labute approximate surface area is 135 Å². The van der Waals surface area contributed by atoms with Crippen LogP contribution in [0.1, 0.15) is 21.5 Å². The van der Waals surface area contributed by atoms with E-state index >= 15 is 0 Å². The Morgan fingerprint density at radius 2 is 1.78 bits per heavy atom. The number of aryl methyl sites for hydroxylation is 3. The summed E-state index contributed by atoms with van der Waals surface area (Å²) in [5.74, 6) is 0.526. The van der Waals surface area contributed by atoms with Crippen molar-refractivity contribution in [3.63, 3.8) is 0 Å². The summed E-state index contributed by atoms with van der Waals surface area (Å²) in [4.78, 5) is 12.7. The Morgan fingerprint density at radius 3 is 2.52 bits per heavy atom. The van der Waals surface area contributed by atoms with Crippen molar-refractivity contribution in [3.05, 3.63) is 59.3 Å². The van der Waals surface area contributed by atoms with Crippen LogP contribution in [-0.2, 0) is 7.05 Å². The third-order valence-electron chi connectivity index (χ3n) is 3.99. The zero-order valence-electron chi connectivity index (χ0n) is 13.8. The Morgan fingerprint density at radius 1 is 1.09 bits per heavy atom. The van der Waals surface area contributed by atoms with Crippen molar-refractivity contribution in [1.29, 1.82) is 0 Å². The largest absolute Gasteiger partial charge is 0.495 e. The number of methoxy groups -OCH3 is 1. The van der Waals surface area contributed by atoms with Crippen molar-refractivity contribution in [2.45, 2.75) is 13.8 Å². The number of hydrogen-bond donors (Lipinski definition) is 1. The van der Waals surface area contributed by atoms with Crippen LogP contribution in [0.25, 0.3) is 10.9 Å². The van der Waals surface area contributed by atoms with Crippen molar-refractivity contribution >= 4 is 22.5 Å². The van der Waals surface area contributed by atoms with Crippen LogP contribution in [0.3, 0.4) is 0 Å². The lowest BCUT2D eigenvalue weighted by Gasteiger charge is -2.10. The van der Waals surface area contributed by atoms with Gasteiger partial charge < -0.3 is 14.6 Å². The second-order valence-corrected chi connectivity index (χ2v) is 5.83. The standard InChI is InChI=1S/C19H20N2O2/c1-12-6-8-17-14(9-12)15(11-21(17)3)19(22)20-16-7-5-13(2)10-18(16)23-4/h5-11H,1-4H3,(H,20,22). The molecule has 0 aliphatic carbocycles. The Hall–Kier alpha value is -2.75. The molecule has 0 fully saturated rings. The van der Waals surface area contributed by atoms with Crippen molar-refractivity contribution in [3.8, 4) is 5.75 Å². The lowest BCUT2D eigenvalue weighted by Crippen LogP contribution is -2.12. The van der Waals surface area contributed by atoms with E-state index in [9.17, 15) is 4.79 Å². The van der Waals surface area contributed by atoms with Crippen molar-refractivity contribution in [2.24, 2.45) is 7.05 Å². The van der Waals surface area contributed by atoms with Crippen molar-refractivity contribution < 1.29 is 9.53 Å². The van der Waals surface area contributed by atoms with Gasteiger partial charge in [0.2, 0.25) is 0 Å². The first kappa shape index (κ1) is 15.2. The van der Waals surface area contributed by atoms with E-state index < -0.39 is 0 Å². The minimum atomic E-state index is -0.136. The summed E-state index contributed by atoms with van der Waals surface area (Å²) in [6, 6.07) is 11.8. The molecule has 4 nitrogen and oxygen atoms in total. The van der Waals surface area contributed by atoms with Gasteiger partial charge in [0.05, 0.1) is 18.4 Å². The lowest BCUT2D eigenvalue weighted by molar-refractivity contribution is 0.102. The van der Waals surface area contributed by atoms with E-state index in [0.717, 1.165) is 22.0 Å². The summed E-state index contributed by atoms with van der Waals surface area (Å²) < 4.78 is 7.32. The fraction of sp³-hybridized carbons (Fsp3) is 0.211. The number of ether oxygens (including phenoxy) is 1. The number of fused-ring (bicyclic) bond motifs is 1. The molecule has 4 heteroatoms. The van der Waals surface area contributed by atoms with Gasteiger partial charge in [-0.1, -0.05) is 17.7 Å². The number of benzene rings is 2. The smallest absolute Gasteiger partial charge is 0.257 e. The van der Waals surface area contributed by atoms with E-state index in [1.807, 2.05) is 68.1 Å². The lowest BCUT2D eigenvalue weighted by atomic mass is 10.1. The van der Waals surface area contributed by atoms with Crippen LogP contribution in [0, 0.1) is 13.8 Å². The summed E-state index contributed by atoms with van der Waals surface area (Å²) in [6.45, 7) is 4.01. The fourth-order valence-electron chi connectivity index (χ4n) is 2.78. The second-order valence-electron chi connectivity index (χ2n) is 5.83. The number of aromatic nitrogens is 1. The number of rotatable bonds is 3. The molecule has 1 aromatic heterocycles. The summed E-state index contributed by atoms with van der Waals surface area (Å²) in [6.07, 6.45) is 1.86. The zero-order chi connectivity index (χ0) is 16.6. The second kappa shape index (κ2) is 5.80. The topological polar surface area (TPSA) is 43.3 Å². The Kier molecular flexibility index (Phi) is 3.82. The number of nitrogens with zero attached hydrogens (tertiary/aromatic N) is 1. The molecular weight excluding hydrogens is 288 g/mol. The first-order chi connectivity index (χ1) is 11.0. The van der Waals surface area contributed by atoms with Gasteiger partial charge in [-0.2, -0.15) is 0 Å². The molecule has 3 aromatic rings. The number of amides is 1. The predicted molar refractivity (Wildman–Crippen MR) is 93.3 cm³/mol. The molecule has 0 saturated heterocycles. The molecule has 0 spiro atoms. The SMILES string of the molecule is COc1cc(C)ccc1NC(=O)c1cn(C)c2ccc(C)cc12. The van der Waals surface area contributed by atoms with Crippen molar-refractivity contribution in [1.82, 2.24) is 4.57 Å². The molecule has 118 valence electrons. The Balaban J connectivity index is 2.00. The van der Waals surface area contributed by atoms with Gasteiger partial charge >= 0.3 is 0 Å². The van der Waals surface area contributed by atoms with Crippen LogP contribution < -0.4 is 10.1 Å². The third-order valence-corrected chi connectivity index (χ3v) is 3.99. The van der Waals surface area contributed by atoms with Gasteiger partial charge in [-0.25, -0.2) is 0 Å². The summed E-state index contributed by atoms with van der Waals surface area (Å²) in [7, 11) is 3.55. The van der Waals surface area contributed by atoms with Gasteiger partial charge in [0.25, 0.3) is 5.91 Å². The minimum Gasteiger partial charge on any atom is -0.495 e. The van der Waals surface area contributed by atoms with Crippen LogP contribution in [0.5, 0.6) is 5.75 Å². The van der Waals surface area contributed by atoms with Crippen LogP contribution in [-0.4, -0.2) is 17.6 Å². The molecular formula is C19H20N2O2. The highest BCUT2D eigenvalue weighted by atomic mass is 16.5. The molecule has 2 aromatic carbocycles. The quantitative estimate of drug-likeness (QED) is 0.793. The van der Waals surface area contributed by atoms with Crippen LogP contribution in [0.2, 0.25) is 0 Å². The first-order valence-corrected chi connectivity index (χ1v) is 7.51. The number of hydrogen-bond acceptors (Lipinski definition) is 2. The van der Waals surface area contributed by atoms with Crippen molar-refractivity contribution in [2.75, 3.05) is 12.4 Å². The monoisotopic (exact) mass is 308 g/mol. The molecule has 0 radical (unpaired) electrons. The van der Waals surface area contributed by atoms with E-state index in [1.165, 1.54) is 0 Å². The number of anilines is 1. The maximum atomic E-state index is 12.7. The predicted octanol–water partition coefficient (Wildman–Crippen LogP) is 4.06. The van der Waals surface area contributed by atoms with E-state index in [1.54, 1.807) is 7.11 Å². The molecule has 0 aliphatic heterocycles. The molecule has 1 N–H and O–H groups in total. The highest BCUT2D eigenvalue weighted by molar-refractivity contribution is 6.13. The minimum absolute atomic E-state index is 0.136. The van der Waals surface area contributed by atoms with E-state index in [4.69, 9.17) is 4.74 Å². The van der Waals surface area contributed by atoms with Gasteiger partial charge in [-0.15, -0.1) is 0 Å². The summed E-state index contributed by atoms with van der Waals surface area (Å²) >= 11 is 0. The van der Waals surface area contributed by atoms with Crippen LogP contribution in [0.4, 0.5) is 5.69 Å². The number of carbonyl (C=O) groups excluding carboxylic acids is 1. The molecule has 0 saturated carbocycles. The average Bonchev–Trinajstić information content (AvgIpc) is 2.85. The molecule has 3 rings (SSSR count). The van der Waals surface area contributed by atoms with Gasteiger partial charge in [-0.05, 0) is 43.7 Å². The van der Waals surface area contributed by atoms with Gasteiger partial charge in [0.15, 0.2) is 0 Å². The number of carbonyl (C=O) groups is 1. The van der Waals surface area contributed by atoms with Gasteiger partial charge in [0, 0.05) is 24.1 Å². The molecule has 0 aliphatic rings. The molecule has 0 bridgehead atoms. The van der Waals surface area contributed by atoms with Crippen LogP contribution >= 0.6 is 0 Å². The fourth-order valence-corrected chi connectivity index (χ4v) is 2.78. The maximum absolute atomic E-state index is 12.7.